The van der Waals surface area contributed by atoms with Crippen LogP contribution in [0.3, 0.4) is 0 Å². The predicted octanol–water partition coefficient (Wildman–Crippen LogP) is 10.1. The minimum absolute atomic E-state index is 0.0144. The standard InChI is InChI=1S/C42H77N2O6P/c1-6-8-10-12-14-16-18-20-22-24-26-28-30-32-34-36-42(46)43-40(39-50-51(47,48)49-38-37-44(3,4)5)41(45)35-33-31-29-27-25-23-21-19-17-15-13-11-9-7-2/h14,16-17,19-20,22,25,27,33,35,40-41,45H,6-13,15,18,21,23-24,26,28-32,34,36-39H2,1-5H3,(H-,43,46,47,48)/b16-14-,19-17+,22-20-,27-25+,35-33+. The number of unbranched alkanes of at least 4 members (excludes halogenated alkanes) is 14. The number of aliphatic hydroxyl groups is 1. The minimum atomic E-state index is -4.60. The molecule has 296 valence electrons. The summed E-state index contributed by atoms with van der Waals surface area (Å²) in [7, 11) is 1.21. The van der Waals surface area contributed by atoms with Crippen LogP contribution in [0, 0.1) is 0 Å². The lowest BCUT2D eigenvalue weighted by Crippen LogP contribution is -2.45. The van der Waals surface area contributed by atoms with Gasteiger partial charge in [0.05, 0.1) is 39.9 Å². The average molecular weight is 737 g/mol. The quantitative estimate of drug-likeness (QED) is 0.0290. The largest absolute Gasteiger partial charge is 0.756 e. The third-order valence-corrected chi connectivity index (χ3v) is 9.39. The van der Waals surface area contributed by atoms with Crippen molar-refractivity contribution in [3.63, 3.8) is 0 Å². The molecule has 0 fully saturated rings. The summed E-state index contributed by atoms with van der Waals surface area (Å²) in [6, 6.07) is -0.916. The van der Waals surface area contributed by atoms with Gasteiger partial charge in [-0.1, -0.05) is 126 Å². The van der Waals surface area contributed by atoms with Crippen LogP contribution < -0.4 is 10.2 Å². The van der Waals surface area contributed by atoms with E-state index in [1.54, 1.807) is 6.08 Å². The van der Waals surface area contributed by atoms with E-state index in [1.165, 1.54) is 51.4 Å². The minimum Gasteiger partial charge on any atom is -0.756 e. The zero-order chi connectivity index (χ0) is 37.9. The maximum atomic E-state index is 12.8. The van der Waals surface area contributed by atoms with Crippen molar-refractivity contribution in [2.75, 3.05) is 40.9 Å². The van der Waals surface area contributed by atoms with Gasteiger partial charge < -0.3 is 28.8 Å². The van der Waals surface area contributed by atoms with Gasteiger partial charge in [0, 0.05) is 6.42 Å². The highest BCUT2D eigenvalue weighted by Gasteiger charge is 2.23. The summed E-state index contributed by atoms with van der Waals surface area (Å²) in [5.41, 5.74) is 0. The van der Waals surface area contributed by atoms with E-state index < -0.39 is 26.6 Å². The molecule has 51 heavy (non-hydrogen) atoms. The average Bonchev–Trinajstić information content (AvgIpc) is 3.07. The summed E-state index contributed by atoms with van der Waals surface area (Å²) in [5.74, 6) is -0.230. The number of phosphoric ester groups is 1. The van der Waals surface area contributed by atoms with Gasteiger partial charge >= 0.3 is 0 Å². The molecule has 0 saturated heterocycles. The number of rotatable bonds is 35. The molecule has 0 radical (unpaired) electrons. The van der Waals surface area contributed by atoms with E-state index in [4.69, 9.17) is 9.05 Å². The first kappa shape index (κ1) is 49.2. The molecule has 2 N–H and O–H groups in total. The molecule has 3 unspecified atom stereocenters. The third-order valence-electron chi connectivity index (χ3n) is 8.43. The lowest BCUT2D eigenvalue weighted by atomic mass is 10.1. The molecule has 0 aliphatic rings. The van der Waals surface area contributed by atoms with Crippen molar-refractivity contribution in [3.8, 4) is 0 Å². The van der Waals surface area contributed by atoms with Crippen LogP contribution in [0.4, 0.5) is 0 Å². The highest BCUT2D eigenvalue weighted by atomic mass is 31.2. The number of likely N-dealkylation sites (N-methyl/N-ethyl adjacent to an activating group) is 1. The number of carbonyl (C=O) groups is 1. The molecule has 0 aromatic rings. The molecule has 0 heterocycles. The smallest absolute Gasteiger partial charge is 0.268 e. The van der Waals surface area contributed by atoms with E-state index in [-0.39, 0.29) is 12.5 Å². The fraction of sp³-hybridized carbons (Fsp3) is 0.738. The van der Waals surface area contributed by atoms with Crippen LogP contribution in [0.15, 0.2) is 60.8 Å². The van der Waals surface area contributed by atoms with Gasteiger partial charge in [0.1, 0.15) is 13.2 Å². The number of hydrogen-bond donors (Lipinski definition) is 2. The van der Waals surface area contributed by atoms with Gasteiger partial charge in [0.15, 0.2) is 0 Å². The molecule has 1 amide bonds. The zero-order valence-electron chi connectivity index (χ0n) is 33.3. The van der Waals surface area contributed by atoms with Crippen LogP contribution in [-0.4, -0.2) is 68.5 Å². The summed E-state index contributed by atoms with van der Waals surface area (Å²) in [6.45, 7) is 4.52. The molecule has 9 heteroatoms. The Morgan fingerprint density at radius 2 is 1.16 bits per heavy atom. The zero-order valence-corrected chi connectivity index (χ0v) is 34.2. The van der Waals surface area contributed by atoms with Crippen molar-refractivity contribution in [2.24, 2.45) is 0 Å². The second-order valence-electron chi connectivity index (χ2n) is 14.6. The van der Waals surface area contributed by atoms with E-state index in [2.05, 4.69) is 67.8 Å². The molecule has 3 atom stereocenters. The SMILES string of the molecule is CCCCC/C=C\C/C=C\CCCCCCCC(=O)NC(COP(=O)([O-])OCC[N+](C)(C)C)C(O)/C=C/CC/C=C/CC/C=C/CCCCCC. The molecular weight excluding hydrogens is 659 g/mol. The van der Waals surface area contributed by atoms with Crippen molar-refractivity contribution >= 4 is 13.7 Å². The number of nitrogens with zero attached hydrogens (tertiary/aromatic N) is 1. The first-order chi connectivity index (χ1) is 24.5. The number of nitrogens with one attached hydrogen (secondary N) is 1. The highest BCUT2D eigenvalue weighted by molar-refractivity contribution is 7.45. The van der Waals surface area contributed by atoms with Crippen LogP contribution in [-0.2, 0) is 18.4 Å². The van der Waals surface area contributed by atoms with Crippen LogP contribution in [0.2, 0.25) is 0 Å². The molecular formula is C42H77N2O6P. The Kier molecular flexibility index (Phi) is 32.8. The molecule has 8 nitrogen and oxygen atoms in total. The molecule has 0 rings (SSSR count). The van der Waals surface area contributed by atoms with Crippen molar-refractivity contribution in [3.05, 3.63) is 60.8 Å². The second kappa shape index (κ2) is 34.0. The Hall–Kier alpha value is -1.80. The van der Waals surface area contributed by atoms with Gasteiger partial charge in [0.25, 0.3) is 7.82 Å². The second-order valence-corrected chi connectivity index (χ2v) is 16.0. The summed E-state index contributed by atoms with van der Waals surface area (Å²) >= 11 is 0. The Balaban J connectivity index is 4.62. The van der Waals surface area contributed by atoms with Gasteiger partial charge in [-0.25, -0.2) is 0 Å². The monoisotopic (exact) mass is 737 g/mol. The molecule has 0 aliphatic heterocycles. The Bertz CT molecular complexity index is 1020. The van der Waals surface area contributed by atoms with Crippen LogP contribution >= 0.6 is 7.82 Å². The van der Waals surface area contributed by atoms with Crippen molar-refractivity contribution < 1.29 is 32.9 Å². The number of allylic oxidation sites excluding steroid dienone is 9. The van der Waals surface area contributed by atoms with E-state index in [0.717, 1.165) is 77.0 Å². The molecule has 0 aromatic heterocycles. The number of amides is 1. The highest BCUT2D eigenvalue weighted by Crippen LogP contribution is 2.38. The Morgan fingerprint density at radius 3 is 1.75 bits per heavy atom. The number of hydrogen-bond acceptors (Lipinski definition) is 6. The predicted molar refractivity (Wildman–Crippen MR) is 214 cm³/mol. The van der Waals surface area contributed by atoms with Gasteiger partial charge in [-0.05, 0) is 77.0 Å². The Labute approximate surface area is 313 Å². The van der Waals surface area contributed by atoms with Crippen molar-refractivity contribution in [1.82, 2.24) is 5.32 Å². The summed E-state index contributed by atoms with van der Waals surface area (Å²) in [6.07, 6.45) is 42.6. The fourth-order valence-electron chi connectivity index (χ4n) is 5.15. The van der Waals surface area contributed by atoms with Gasteiger partial charge in [-0.3, -0.25) is 9.36 Å². The lowest BCUT2D eigenvalue weighted by Gasteiger charge is -2.29. The molecule has 0 bridgehead atoms. The number of quaternary nitrogens is 1. The van der Waals surface area contributed by atoms with Crippen molar-refractivity contribution in [1.29, 1.82) is 0 Å². The topological polar surface area (TPSA) is 108 Å². The van der Waals surface area contributed by atoms with Gasteiger partial charge in [-0.15, -0.1) is 0 Å². The number of carbonyl (C=O) groups excluding carboxylic acids is 1. The number of phosphoric acid groups is 1. The molecule has 0 aromatic carbocycles. The van der Waals surface area contributed by atoms with Gasteiger partial charge in [0.2, 0.25) is 5.91 Å². The summed E-state index contributed by atoms with van der Waals surface area (Å²) in [5, 5.41) is 13.7. The van der Waals surface area contributed by atoms with E-state index in [0.29, 0.717) is 17.4 Å². The van der Waals surface area contributed by atoms with Crippen LogP contribution in [0.5, 0.6) is 0 Å². The summed E-state index contributed by atoms with van der Waals surface area (Å²) in [4.78, 5) is 25.2. The van der Waals surface area contributed by atoms with E-state index >= 15 is 0 Å². The normalized spacial score (nSPS) is 15.2. The van der Waals surface area contributed by atoms with E-state index in [9.17, 15) is 19.4 Å². The fourth-order valence-corrected chi connectivity index (χ4v) is 5.87. The lowest BCUT2D eigenvalue weighted by molar-refractivity contribution is -0.870. The maximum absolute atomic E-state index is 12.8. The first-order valence-corrected chi connectivity index (χ1v) is 21.6. The third kappa shape index (κ3) is 36.4. The van der Waals surface area contributed by atoms with Crippen LogP contribution in [0.1, 0.15) is 149 Å². The summed E-state index contributed by atoms with van der Waals surface area (Å²) < 4.78 is 23.1. The first-order valence-electron chi connectivity index (χ1n) is 20.2. The molecule has 0 spiro atoms. The van der Waals surface area contributed by atoms with E-state index in [1.807, 2.05) is 27.2 Å². The maximum Gasteiger partial charge on any atom is 0.268 e. The molecule has 0 saturated carbocycles. The van der Waals surface area contributed by atoms with Crippen LogP contribution in [0.25, 0.3) is 0 Å². The molecule has 0 aliphatic carbocycles. The van der Waals surface area contributed by atoms with Crippen molar-refractivity contribution in [2.45, 2.75) is 161 Å². The van der Waals surface area contributed by atoms with Gasteiger partial charge in [-0.2, -0.15) is 0 Å². The Morgan fingerprint density at radius 1 is 0.686 bits per heavy atom. The number of aliphatic hydroxyl groups excluding tert-OH is 1.